The third kappa shape index (κ3) is 4.95. The molecule has 0 saturated carbocycles. The molecule has 202 valence electrons. The lowest BCUT2D eigenvalue weighted by Crippen LogP contribution is -2.53. The number of hydrogen-bond acceptors (Lipinski definition) is 4. The van der Waals surface area contributed by atoms with Crippen molar-refractivity contribution >= 4 is 11.6 Å². The van der Waals surface area contributed by atoms with Crippen molar-refractivity contribution in [2.24, 2.45) is 0 Å². The Hall–Kier alpha value is -3.21. The van der Waals surface area contributed by atoms with E-state index in [9.17, 15) is 4.79 Å². The smallest absolute Gasteiger partial charge is 0.289 e. The Morgan fingerprint density at radius 2 is 1.63 bits per heavy atom. The van der Waals surface area contributed by atoms with E-state index in [4.69, 9.17) is 9.15 Å². The van der Waals surface area contributed by atoms with Gasteiger partial charge in [0.1, 0.15) is 11.5 Å². The number of piperazine rings is 1. The highest BCUT2D eigenvalue weighted by atomic mass is 16.5. The number of carbonyl (C=O) groups is 1. The van der Waals surface area contributed by atoms with E-state index in [0.717, 1.165) is 23.7 Å². The minimum Gasteiger partial charge on any atom is -0.497 e. The first-order valence-corrected chi connectivity index (χ1v) is 13.9. The highest BCUT2D eigenvalue weighted by molar-refractivity contribution is 5.91. The molecule has 1 aliphatic carbocycles. The molecule has 1 fully saturated rings. The second-order valence-electron chi connectivity index (χ2n) is 12.5. The molecule has 2 heterocycles. The van der Waals surface area contributed by atoms with E-state index in [1.54, 1.807) is 7.11 Å². The molecule has 0 N–H and O–H groups in total. The zero-order chi connectivity index (χ0) is 27.2. The summed E-state index contributed by atoms with van der Waals surface area (Å²) >= 11 is 0. The first-order chi connectivity index (χ1) is 18.0. The lowest BCUT2D eigenvalue weighted by molar-refractivity contribution is 0.0692. The van der Waals surface area contributed by atoms with Crippen LogP contribution in [0.15, 0.2) is 52.9 Å². The van der Waals surface area contributed by atoms with Crippen LogP contribution in [0.25, 0.3) is 0 Å². The number of fused-ring (bicyclic) bond motifs is 1. The molecule has 38 heavy (non-hydrogen) atoms. The summed E-state index contributed by atoms with van der Waals surface area (Å²) in [5.41, 5.74) is 7.04. The van der Waals surface area contributed by atoms with Crippen molar-refractivity contribution in [1.82, 2.24) is 4.90 Å². The van der Waals surface area contributed by atoms with E-state index < -0.39 is 0 Å². The number of nitrogens with zero attached hydrogens (tertiary/aromatic N) is 2. The van der Waals surface area contributed by atoms with Crippen molar-refractivity contribution in [3.63, 3.8) is 0 Å². The first kappa shape index (κ1) is 26.4. The molecule has 5 nitrogen and oxygen atoms in total. The molecular weight excluding hydrogens is 472 g/mol. The average Bonchev–Trinajstić information content (AvgIpc) is 3.36. The molecule has 1 unspecified atom stereocenters. The van der Waals surface area contributed by atoms with E-state index >= 15 is 0 Å². The van der Waals surface area contributed by atoms with Crippen LogP contribution in [0.4, 0.5) is 5.69 Å². The number of anilines is 1. The van der Waals surface area contributed by atoms with Gasteiger partial charge in [0.2, 0.25) is 0 Å². The van der Waals surface area contributed by atoms with Crippen molar-refractivity contribution in [2.75, 3.05) is 31.6 Å². The largest absolute Gasteiger partial charge is 0.497 e. The maximum absolute atomic E-state index is 13.4. The third-order valence-corrected chi connectivity index (χ3v) is 8.87. The Bertz CT molecular complexity index is 1320. The van der Waals surface area contributed by atoms with Crippen LogP contribution >= 0.6 is 0 Å². The number of rotatable bonds is 5. The molecular formula is C33H42N2O3. The molecule has 1 saturated heterocycles. The molecule has 3 aromatic rings. The van der Waals surface area contributed by atoms with Gasteiger partial charge in [0.25, 0.3) is 5.91 Å². The van der Waals surface area contributed by atoms with Crippen molar-refractivity contribution in [3.8, 4) is 5.75 Å². The Balaban J connectivity index is 1.28. The quantitative estimate of drug-likeness (QED) is 0.372. The van der Waals surface area contributed by atoms with Gasteiger partial charge in [-0.1, -0.05) is 39.8 Å². The fraction of sp³-hybridized carbons (Fsp3) is 0.485. The van der Waals surface area contributed by atoms with Gasteiger partial charge in [0, 0.05) is 37.8 Å². The number of carbonyl (C=O) groups excluding carboxylic acids is 1. The van der Waals surface area contributed by atoms with Crippen LogP contribution in [0, 0.1) is 6.92 Å². The standard InChI is InChI=1S/C33H42N2O3/c1-22-18-28-29(33(5,6)15-14-32(28,3)4)20-24(22)19-27-12-13-30(38-27)31(36)34-16-17-35(23(2)21-34)25-8-10-26(37-7)11-9-25/h8-13,18,20,23H,14-17,19,21H2,1-7H3. The van der Waals surface area contributed by atoms with Crippen molar-refractivity contribution < 1.29 is 13.9 Å². The topological polar surface area (TPSA) is 45.9 Å². The second kappa shape index (κ2) is 9.83. The minimum atomic E-state index is -0.0254. The highest BCUT2D eigenvalue weighted by Crippen LogP contribution is 2.46. The number of furan rings is 1. The second-order valence-corrected chi connectivity index (χ2v) is 12.5. The molecule has 5 rings (SSSR count). The van der Waals surface area contributed by atoms with Crippen molar-refractivity contribution in [2.45, 2.75) is 77.7 Å². The molecule has 0 radical (unpaired) electrons. The Morgan fingerprint density at radius 1 is 0.974 bits per heavy atom. The van der Waals surface area contributed by atoms with Crippen LogP contribution in [0.1, 0.15) is 86.0 Å². The SMILES string of the molecule is COc1ccc(N2CCN(C(=O)c3ccc(Cc4cc5c(cc4C)C(C)(C)CCC5(C)C)o3)CC2C)cc1. The molecule has 0 bridgehead atoms. The maximum atomic E-state index is 13.4. The van der Waals surface area contributed by atoms with E-state index in [1.165, 1.54) is 35.1 Å². The summed E-state index contributed by atoms with van der Waals surface area (Å²) in [7, 11) is 1.68. The van der Waals surface area contributed by atoms with Gasteiger partial charge in [-0.25, -0.2) is 0 Å². The van der Waals surface area contributed by atoms with Crippen LogP contribution in [0.2, 0.25) is 0 Å². The number of ether oxygens (including phenoxy) is 1. The molecule has 1 aliphatic heterocycles. The molecule has 1 aromatic heterocycles. The van der Waals surface area contributed by atoms with E-state index in [1.807, 2.05) is 29.2 Å². The molecule has 2 aliphatic rings. The molecule has 2 aromatic carbocycles. The fourth-order valence-corrected chi connectivity index (χ4v) is 6.19. The number of methoxy groups -OCH3 is 1. The summed E-state index contributed by atoms with van der Waals surface area (Å²) in [6, 6.07) is 16.9. The minimum absolute atomic E-state index is 0.0254. The van der Waals surface area contributed by atoms with Gasteiger partial charge in [-0.2, -0.15) is 0 Å². The summed E-state index contributed by atoms with van der Waals surface area (Å²) in [6.07, 6.45) is 3.10. The van der Waals surface area contributed by atoms with Gasteiger partial charge in [0.15, 0.2) is 5.76 Å². The average molecular weight is 515 g/mol. The van der Waals surface area contributed by atoms with Gasteiger partial charge in [-0.3, -0.25) is 4.79 Å². The van der Waals surface area contributed by atoms with Crippen molar-refractivity contribution in [3.05, 3.63) is 82.3 Å². The third-order valence-electron chi connectivity index (χ3n) is 8.87. The Morgan fingerprint density at radius 3 is 2.26 bits per heavy atom. The van der Waals surface area contributed by atoms with Crippen LogP contribution in [0.5, 0.6) is 5.75 Å². The number of benzene rings is 2. The van der Waals surface area contributed by atoms with Gasteiger partial charge in [0.05, 0.1) is 7.11 Å². The molecule has 1 atom stereocenters. The van der Waals surface area contributed by atoms with E-state index in [2.05, 4.69) is 70.7 Å². The van der Waals surface area contributed by atoms with E-state index in [0.29, 0.717) is 25.3 Å². The molecule has 1 amide bonds. The molecule has 0 spiro atoms. The lowest BCUT2D eigenvalue weighted by atomic mass is 9.62. The Kier molecular flexibility index (Phi) is 6.83. The Labute approximate surface area is 227 Å². The maximum Gasteiger partial charge on any atom is 0.289 e. The normalized spacial score (nSPS) is 20.2. The highest BCUT2D eigenvalue weighted by Gasteiger charge is 2.37. The summed E-state index contributed by atoms with van der Waals surface area (Å²) in [6.45, 7) is 15.9. The van der Waals surface area contributed by atoms with Gasteiger partial charge < -0.3 is 19.0 Å². The fourth-order valence-electron chi connectivity index (χ4n) is 6.19. The number of hydrogen-bond donors (Lipinski definition) is 0. The van der Waals surface area contributed by atoms with Crippen LogP contribution in [-0.4, -0.2) is 43.6 Å². The zero-order valence-electron chi connectivity index (χ0n) is 24.1. The summed E-state index contributed by atoms with van der Waals surface area (Å²) in [5.74, 6) is 2.10. The summed E-state index contributed by atoms with van der Waals surface area (Å²) < 4.78 is 11.4. The number of amides is 1. The predicted octanol–water partition coefficient (Wildman–Crippen LogP) is 6.89. The predicted molar refractivity (Wildman–Crippen MR) is 154 cm³/mol. The molecule has 5 heteroatoms. The van der Waals surface area contributed by atoms with Crippen molar-refractivity contribution in [1.29, 1.82) is 0 Å². The zero-order valence-corrected chi connectivity index (χ0v) is 24.1. The first-order valence-electron chi connectivity index (χ1n) is 13.9. The summed E-state index contributed by atoms with van der Waals surface area (Å²) in [4.78, 5) is 17.6. The van der Waals surface area contributed by atoms with Crippen LogP contribution < -0.4 is 9.64 Å². The van der Waals surface area contributed by atoms with Gasteiger partial charge in [-0.05, 0) is 96.2 Å². The van der Waals surface area contributed by atoms with Crippen LogP contribution in [-0.2, 0) is 17.3 Å². The van der Waals surface area contributed by atoms with Gasteiger partial charge >= 0.3 is 0 Å². The number of aryl methyl sites for hydroxylation is 1. The summed E-state index contributed by atoms with van der Waals surface area (Å²) in [5, 5.41) is 0. The van der Waals surface area contributed by atoms with Crippen LogP contribution in [0.3, 0.4) is 0 Å². The van der Waals surface area contributed by atoms with Gasteiger partial charge in [-0.15, -0.1) is 0 Å². The monoisotopic (exact) mass is 514 g/mol. The van der Waals surface area contributed by atoms with E-state index in [-0.39, 0.29) is 22.8 Å². The lowest BCUT2D eigenvalue weighted by Gasteiger charge is -2.42.